The van der Waals surface area contributed by atoms with Crippen LogP contribution in [0.15, 0.2) is 24.3 Å². The highest BCUT2D eigenvalue weighted by atomic mass is 127. The molecule has 7 heteroatoms. The number of likely N-dealkylation sites (N-methyl/N-ethyl adjacent to an activating group) is 1. The van der Waals surface area contributed by atoms with Crippen LogP contribution in [0.2, 0.25) is 0 Å². The first-order valence-electron chi connectivity index (χ1n) is 7.78. The highest BCUT2D eigenvalue weighted by Gasteiger charge is 2.26. The van der Waals surface area contributed by atoms with Gasteiger partial charge in [0.1, 0.15) is 6.54 Å². The summed E-state index contributed by atoms with van der Waals surface area (Å²) >= 11 is 2.16. The fourth-order valence-electron chi connectivity index (χ4n) is 2.91. The summed E-state index contributed by atoms with van der Waals surface area (Å²) < 4.78 is 26.4. The second-order valence-corrected chi connectivity index (χ2v) is 9.19. The third-order valence-corrected chi connectivity index (χ3v) is 6.17. The van der Waals surface area contributed by atoms with Crippen molar-refractivity contribution in [2.75, 3.05) is 24.2 Å². The Labute approximate surface area is 152 Å². The summed E-state index contributed by atoms with van der Waals surface area (Å²) in [5.41, 5.74) is 0.526. The molecule has 128 valence electrons. The van der Waals surface area contributed by atoms with Crippen LogP contribution in [-0.4, -0.2) is 45.1 Å². The lowest BCUT2D eigenvalue weighted by atomic mass is 9.94. The fourth-order valence-corrected chi connectivity index (χ4v) is 4.12. The van der Waals surface area contributed by atoms with E-state index in [0.29, 0.717) is 5.69 Å². The molecule has 1 aliphatic carbocycles. The SMILES string of the molecule is CN(C(=O)CN(c1ccc(I)cc1)S(C)(=O)=O)C1CCCCC1. The van der Waals surface area contributed by atoms with E-state index in [-0.39, 0.29) is 18.5 Å². The molecule has 1 amide bonds. The van der Waals surface area contributed by atoms with E-state index in [9.17, 15) is 13.2 Å². The van der Waals surface area contributed by atoms with E-state index < -0.39 is 10.0 Å². The van der Waals surface area contributed by atoms with Crippen LogP contribution in [-0.2, 0) is 14.8 Å². The van der Waals surface area contributed by atoms with Gasteiger partial charge in [-0.15, -0.1) is 0 Å². The fraction of sp³-hybridized carbons (Fsp3) is 0.562. The summed E-state index contributed by atoms with van der Waals surface area (Å²) in [6.07, 6.45) is 6.63. The van der Waals surface area contributed by atoms with Gasteiger partial charge in [0.15, 0.2) is 0 Å². The third kappa shape index (κ3) is 5.07. The van der Waals surface area contributed by atoms with Gasteiger partial charge in [0.2, 0.25) is 15.9 Å². The summed E-state index contributed by atoms with van der Waals surface area (Å²) in [5.74, 6) is -0.152. The molecule has 23 heavy (non-hydrogen) atoms. The number of anilines is 1. The van der Waals surface area contributed by atoms with Gasteiger partial charge in [0.25, 0.3) is 0 Å². The average molecular weight is 450 g/mol. The second-order valence-electron chi connectivity index (χ2n) is 6.04. The molecule has 1 aromatic rings. The van der Waals surface area contributed by atoms with Gasteiger partial charge in [0.05, 0.1) is 11.9 Å². The minimum absolute atomic E-state index is 0.146. The number of rotatable bonds is 5. The van der Waals surface area contributed by atoms with E-state index in [1.165, 1.54) is 10.7 Å². The molecule has 1 saturated carbocycles. The number of nitrogens with zero attached hydrogens (tertiary/aromatic N) is 2. The van der Waals surface area contributed by atoms with Crippen molar-refractivity contribution in [2.24, 2.45) is 0 Å². The van der Waals surface area contributed by atoms with Gasteiger partial charge in [-0.1, -0.05) is 19.3 Å². The third-order valence-electron chi connectivity index (χ3n) is 4.31. The van der Waals surface area contributed by atoms with Crippen LogP contribution < -0.4 is 4.31 Å². The van der Waals surface area contributed by atoms with E-state index >= 15 is 0 Å². The lowest BCUT2D eigenvalue weighted by Crippen LogP contribution is -2.45. The highest BCUT2D eigenvalue weighted by Crippen LogP contribution is 2.23. The van der Waals surface area contributed by atoms with Crippen LogP contribution in [0.3, 0.4) is 0 Å². The molecule has 0 N–H and O–H groups in total. The van der Waals surface area contributed by atoms with Gasteiger partial charge in [-0.25, -0.2) is 8.42 Å². The lowest BCUT2D eigenvalue weighted by Gasteiger charge is -2.33. The molecule has 0 saturated heterocycles. The second kappa shape index (κ2) is 7.83. The molecule has 1 fully saturated rings. The molecule has 2 rings (SSSR count). The average Bonchev–Trinajstić information content (AvgIpc) is 2.52. The van der Waals surface area contributed by atoms with Crippen molar-refractivity contribution in [3.05, 3.63) is 27.8 Å². The van der Waals surface area contributed by atoms with Crippen molar-refractivity contribution in [2.45, 2.75) is 38.1 Å². The quantitative estimate of drug-likeness (QED) is 0.649. The van der Waals surface area contributed by atoms with Crippen molar-refractivity contribution < 1.29 is 13.2 Å². The number of amides is 1. The first kappa shape index (κ1) is 18.5. The topological polar surface area (TPSA) is 57.7 Å². The number of carbonyl (C=O) groups is 1. The van der Waals surface area contributed by atoms with Crippen molar-refractivity contribution in [3.63, 3.8) is 0 Å². The van der Waals surface area contributed by atoms with E-state index in [1.54, 1.807) is 24.1 Å². The Balaban J connectivity index is 2.14. The predicted octanol–water partition coefficient (Wildman–Crippen LogP) is 2.85. The molecular weight excluding hydrogens is 427 g/mol. The van der Waals surface area contributed by atoms with E-state index in [0.717, 1.165) is 35.5 Å². The van der Waals surface area contributed by atoms with Crippen LogP contribution in [0.1, 0.15) is 32.1 Å². The van der Waals surface area contributed by atoms with E-state index in [1.807, 2.05) is 12.1 Å². The van der Waals surface area contributed by atoms with Crippen LogP contribution in [0.25, 0.3) is 0 Å². The van der Waals surface area contributed by atoms with E-state index in [2.05, 4.69) is 22.6 Å². The number of carbonyl (C=O) groups excluding carboxylic acids is 1. The van der Waals surface area contributed by atoms with E-state index in [4.69, 9.17) is 0 Å². The predicted molar refractivity (Wildman–Crippen MR) is 101 cm³/mol. The summed E-state index contributed by atoms with van der Waals surface area (Å²) in [6.45, 7) is -0.146. The standard InChI is InChI=1S/C16H23IN2O3S/c1-18(14-6-4-3-5-7-14)16(20)12-19(23(2,21)22)15-10-8-13(17)9-11-15/h8-11,14H,3-7,12H2,1-2H3. The molecular formula is C16H23IN2O3S. The molecule has 0 aliphatic heterocycles. The van der Waals surface area contributed by atoms with Crippen LogP contribution >= 0.6 is 22.6 Å². The zero-order valence-corrected chi connectivity index (χ0v) is 16.5. The van der Waals surface area contributed by atoms with Gasteiger partial charge in [-0.05, 0) is 59.7 Å². The molecule has 0 unspecified atom stereocenters. The smallest absolute Gasteiger partial charge is 0.243 e. The minimum Gasteiger partial charge on any atom is -0.341 e. The van der Waals surface area contributed by atoms with Gasteiger partial charge in [-0.2, -0.15) is 0 Å². The lowest BCUT2D eigenvalue weighted by molar-refractivity contribution is -0.130. The largest absolute Gasteiger partial charge is 0.341 e. The Bertz CT molecular complexity index is 640. The Morgan fingerprint density at radius 2 is 1.74 bits per heavy atom. The molecule has 0 radical (unpaired) electrons. The summed E-state index contributed by atoms with van der Waals surface area (Å²) in [6, 6.07) is 7.37. The van der Waals surface area contributed by atoms with Gasteiger partial charge in [-0.3, -0.25) is 9.10 Å². The Morgan fingerprint density at radius 1 is 1.17 bits per heavy atom. The van der Waals surface area contributed by atoms with Crippen molar-refractivity contribution >= 4 is 44.2 Å². The van der Waals surface area contributed by atoms with Crippen molar-refractivity contribution in [1.29, 1.82) is 0 Å². The Kier molecular flexibility index (Phi) is 6.30. The van der Waals surface area contributed by atoms with Gasteiger partial charge >= 0.3 is 0 Å². The molecule has 0 bridgehead atoms. The minimum atomic E-state index is -3.51. The zero-order chi connectivity index (χ0) is 17.0. The molecule has 1 aliphatic rings. The molecule has 0 spiro atoms. The van der Waals surface area contributed by atoms with Crippen LogP contribution in [0.4, 0.5) is 5.69 Å². The first-order valence-corrected chi connectivity index (χ1v) is 10.7. The number of sulfonamides is 1. The number of hydrogen-bond acceptors (Lipinski definition) is 3. The normalized spacial score (nSPS) is 16.1. The Hall–Kier alpha value is -0.830. The maximum absolute atomic E-state index is 12.6. The van der Waals surface area contributed by atoms with Crippen LogP contribution in [0.5, 0.6) is 0 Å². The van der Waals surface area contributed by atoms with Crippen molar-refractivity contribution in [1.82, 2.24) is 4.90 Å². The van der Waals surface area contributed by atoms with Gasteiger partial charge < -0.3 is 4.90 Å². The first-order chi connectivity index (χ1) is 10.8. The number of benzene rings is 1. The molecule has 5 nitrogen and oxygen atoms in total. The summed E-state index contributed by atoms with van der Waals surface area (Å²) in [4.78, 5) is 14.3. The van der Waals surface area contributed by atoms with Crippen molar-refractivity contribution in [3.8, 4) is 0 Å². The summed E-state index contributed by atoms with van der Waals surface area (Å²) in [5, 5.41) is 0. The zero-order valence-electron chi connectivity index (χ0n) is 13.5. The Morgan fingerprint density at radius 3 is 2.26 bits per heavy atom. The summed E-state index contributed by atoms with van der Waals surface area (Å²) in [7, 11) is -1.72. The maximum Gasteiger partial charge on any atom is 0.243 e. The van der Waals surface area contributed by atoms with Crippen LogP contribution in [0, 0.1) is 3.57 Å². The number of hydrogen-bond donors (Lipinski definition) is 0. The highest BCUT2D eigenvalue weighted by molar-refractivity contribution is 14.1. The van der Waals surface area contributed by atoms with Gasteiger partial charge in [0, 0.05) is 16.7 Å². The molecule has 0 heterocycles. The monoisotopic (exact) mass is 450 g/mol. The maximum atomic E-state index is 12.6. The molecule has 1 aromatic carbocycles. The molecule has 0 aromatic heterocycles. The molecule has 0 atom stereocenters. The number of halogens is 1.